The Balaban J connectivity index is 1.77. The van der Waals surface area contributed by atoms with Gasteiger partial charge in [0.25, 0.3) is 0 Å². The molecule has 6 nitrogen and oxygen atoms in total. The number of carbonyl (C=O) groups is 2. The fourth-order valence-corrected chi connectivity index (χ4v) is 4.63. The van der Waals surface area contributed by atoms with E-state index in [0.29, 0.717) is 30.5 Å². The molecule has 3 rings (SSSR count). The van der Waals surface area contributed by atoms with Gasteiger partial charge in [-0.3, -0.25) is 19.6 Å². The van der Waals surface area contributed by atoms with Crippen molar-refractivity contribution in [3.63, 3.8) is 0 Å². The number of imide groups is 1. The summed E-state index contributed by atoms with van der Waals surface area (Å²) in [4.78, 5) is 23.9. The molecule has 7 heteroatoms. The maximum Gasteiger partial charge on any atom is 0.237 e. The van der Waals surface area contributed by atoms with Gasteiger partial charge in [0, 0.05) is 12.1 Å². The third-order valence-electron chi connectivity index (χ3n) is 4.98. The number of carbonyl (C=O) groups excluding carboxylic acids is 2. The molecule has 0 aromatic heterocycles. The van der Waals surface area contributed by atoms with E-state index in [0.717, 1.165) is 5.56 Å². The Morgan fingerprint density at radius 2 is 1.70 bits per heavy atom. The molecule has 1 aliphatic rings. The van der Waals surface area contributed by atoms with Gasteiger partial charge in [0.1, 0.15) is 0 Å². The number of anilines is 1. The van der Waals surface area contributed by atoms with Crippen LogP contribution >= 0.6 is 0 Å². The maximum absolute atomic E-state index is 12.4. The molecule has 2 amide bonds. The summed E-state index contributed by atoms with van der Waals surface area (Å²) < 4.78 is 27.3. The summed E-state index contributed by atoms with van der Waals surface area (Å²) in [5.41, 5.74) is 1.17. The number of piperidine rings is 1. The Labute approximate surface area is 159 Å². The van der Waals surface area contributed by atoms with Crippen LogP contribution in [0.2, 0.25) is 0 Å². The molecule has 0 saturated carbocycles. The number of benzene rings is 2. The Morgan fingerprint density at radius 3 is 2.30 bits per heavy atom. The molecule has 1 fully saturated rings. The predicted octanol–water partition coefficient (Wildman–Crippen LogP) is 2.71. The Hall–Kier alpha value is -2.67. The van der Waals surface area contributed by atoms with Gasteiger partial charge in [0.05, 0.1) is 11.2 Å². The van der Waals surface area contributed by atoms with Gasteiger partial charge >= 0.3 is 0 Å². The van der Waals surface area contributed by atoms with Crippen molar-refractivity contribution < 1.29 is 18.0 Å². The SMILES string of the molecule is CC[C@@]1(c2ccc(NS(=O)(=O)Cc3ccccc3)cc2)CCC(=O)NC1=O. The van der Waals surface area contributed by atoms with Crippen molar-refractivity contribution >= 4 is 27.5 Å². The van der Waals surface area contributed by atoms with E-state index >= 15 is 0 Å². The lowest BCUT2D eigenvalue weighted by Gasteiger charge is -2.35. The van der Waals surface area contributed by atoms with Crippen molar-refractivity contribution in [2.75, 3.05) is 4.72 Å². The first-order valence-corrected chi connectivity index (χ1v) is 10.5. The second-order valence-corrected chi connectivity index (χ2v) is 8.46. The number of amides is 2. The van der Waals surface area contributed by atoms with Gasteiger partial charge in [-0.05, 0) is 36.1 Å². The van der Waals surface area contributed by atoms with Crippen LogP contribution < -0.4 is 10.0 Å². The highest BCUT2D eigenvalue weighted by Crippen LogP contribution is 2.36. The fraction of sp³-hybridized carbons (Fsp3) is 0.300. The minimum Gasteiger partial charge on any atom is -0.296 e. The van der Waals surface area contributed by atoms with Crippen LogP contribution in [0, 0.1) is 0 Å². The first-order valence-electron chi connectivity index (χ1n) is 8.84. The van der Waals surface area contributed by atoms with Crippen LogP contribution in [0.25, 0.3) is 0 Å². The summed E-state index contributed by atoms with van der Waals surface area (Å²) in [5, 5.41) is 2.41. The van der Waals surface area contributed by atoms with Crippen molar-refractivity contribution in [2.24, 2.45) is 0 Å². The standard InChI is InChI=1S/C20H22N2O4S/c1-2-20(13-12-18(23)21-19(20)24)16-8-10-17(11-9-16)22-27(25,26)14-15-6-4-3-5-7-15/h3-11,22H,2,12-14H2,1H3,(H,21,23,24)/t20-/m0/s1. The monoisotopic (exact) mass is 386 g/mol. The molecule has 1 heterocycles. The van der Waals surface area contributed by atoms with Gasteiger partial charge in [-0.15, -0.1) is 0 Å². The zero-order valence-corrected chi connectivity index (χ0v) is 15.9. The number of rotatable bonds is 6. The van der Waals surface area contributed by atoms with Gasteiger partial charge in [-0.2, -0.15) is 0 Å². The summed E-state index contributed by atoms with van der Waals surface area (Å²) in [5.74, 6) is -0.660. The highest BCUT2D eigenvalue weighted by atomic mass is 32.2. The molecule has 2 aromatic carbocycles. The van der Waals surface area contributed by atoms with Crippen molar-refractivity contribution in [1.82, 2.24) is 5.32 Å². The molecule has 27 heavy (non-hydrogen) atoms. The average Bonchev–Trinajstić information content (AvgIpc) is 2.63. The molecule has 2 aromatic rings. The lowest BCUT2D eigenvalue weighted by Crippen LogP contribution is -2.51. The summed E-state index contributed by atoms with van der Waals surface area (Å²) in [6.45, 7) is 1.91. The van der Waals surface area contributed by atoms with Crippen molar-refractivity contribution in [2.45, 2.75) is 37.4 Å². The molecule has 1 atom stereocenters. The second-order valence-electron chi connectivity index (χ2n) is 6.74. The summed E-state index contributed by atoms with van der Waals surface area (Å²) in [6, 6.07) is 15.7. The molecule has 2 N–H and O–H groups in total. The Bertz CT molecular complexity index is 940. The van der Waals surface area contributed by atoms with E-state index < -0.39 is 15.4 Å². The van der Waals surface area contributed by atoms with Crippen LogP contribution in [-0.4, -0.2) is 20.2 Å². The van der Waals surface area contributed by atoms with E-state index in [-0.39, 0.29) is 17.6 Å². The van der Waals surface area contributed by atoms with Gasteiger partial charge in [0.2, 0.25) is 21.8 Å². The minimum atomic E-state index is -3.54. The largest absolute Gasteiger partial charge is 0.296 e. The molecule has 0 spiro atoms. The van der Waals surface area contributed by atoms with Crippen LogP contribution in [0.1, 0.15) is 37.3 Å². The molecule has 0 radical (unpaired) electrons. The van der Waals surface area contributed by atoms with E-state index in [2.05, 4.69) is 10.0 Å². The molecule has 142 valence electrons. The molecule has 0 bridgehead atoms. The number of nitrogens with one attached hydrogen (secondary N) is 2. The predicted molar refractivity (Wildman–Crippen MR) is 103 cm³/mol. The number of hydrogen-bond acceptors (Lipinski definition) is 4. The van der Waals surface area contributed by atoms with Crippen molar-refractivity contribution in [3.05, 3.63) is 65.7 Å². The van der Waals surface area contributed by atoms with E-state index in [9.17, 15) is 18.0 Å². The van der Waals surface area contributed by atoms with Crippen molar-refractivity contribution in [3.8, 4) is 0 Å². The van der Waals surface area contributed by atoms with Crippen LogP contribution in [0.4, 0.5) is 5.69 Å². The first-order chi connectivity index (χ1) is 12.8. The molecular weight excluding hydrogens is 364 g/mol. The second kappa shape index (κ2) is 7.52. The van der Waals surface area contributed by atoms with Crippen LogP contribution in [0.3, 0.4) is 0 Å². The Kier molecular flexibility index (Phi) is 5.32. The molecule has 1 aliphatic heterocycles. The van der Waals surface area contributed by atoms with Crippen LogP contribution in [0.15, 0.2) is 54.6 Å². The van der Waals surface area contributed by atoms with E-state index in [1.807, 2.05) is 13.0 Å². The molecular formula is C20H22N2O4S. The lowest BCUT2D eigenvalue weighted by atomic mass is 9.72. The average molecular weight is 386 g/mol. The molecule has 0 unspecified atom stereocenters. The van der Waals surface area contributed by atoms with E-state index in [1.54, 1.807) is 48.5 Å². The van der Waals surface area contributed by atoms with Gasteiger partial charge < -0.3 is 0 Å². The molecule has 1 saturated heterocycles. The normalized spacial score (nSPS) is 20.2. The first kappa shape index (κ1) is 19.1. The zero-order chi connectivity index (χ0) is 19.5. The quantitative estimate of drug-likeness (QED) is 0.747. The number of sulfonamides is 1. The minimum absolute atomic E-state index is 0.112. The van der Waals surface area contributed by atoms with E-state index in [4.69, 9.17) is 0 Å². The third-order valence-corrected chi connectivity index (χ3v) is 6.24. The highest BCUT2D eigenvalue weighted by Gasteiger charge is 2.42. The Morgan fingerprint density at radius 1 is 1.04 bits per heavy atom. The molecule has 0 aliphatic carbocycles. The van der Waals surface area contributed by atoms with E-state index in [1.165, 1.54) is 0 Å². The topological polar surface area (TPSA) is 92.3 Å². The smallest absolute Gasteiger partial charge is 0.237 e. The van der Waals surface area contributed by atoms with Gasteiger partial charge in [-0.25, -0.2) is 8.42 Å². The fourth-order valence-electron chi connectivity index (χ4n) is 3.43. The van der Waals surface area contributed by atoms with Gasteiger partial charge in [-0.1, -0.05) is 49.4 Å². The lowest BCUT2D eigenvalue weighted by molar-refractivity contribution is -0.138. The third kappa shape index (κ3) is 4.19. The highest BCUT2D eigenvalue weighted by molar-refractivity contribution is 7.91. The van der Waals surface area contributed by atoms with Crippen LogP contribution in [-0.2, 0) is 30.8 Å². The van der Waals surface area contributed by atoms with Crippen molar-refractivity contribution in [1.29, 1.82) is 0 Å². The number of hydrogen-bond donors (Lipinski definition) is 2. The maximum atomic E-state index is 12.4. The summed E-state index contributed by atoms with van der Waals surface area (Å²) in [7, 11) is -3.54. The zero-order valence-electron chi connectivity index (χ0n) is 15.1. The van der Waals surface area contributed by atoms with Gasteiger partial charge in [0.15, 0.2) is 0 Å². The summed E-state index contributed by atoms with van der Waals surface area (Å²) in [6.07, 6.45) is 1.31. The van der Waals surface area contributed by atoms with Crippen LogP contribution in [0.5, 0.6) is 0 Å². The summed E-state index contributed by atoms with van der Waals surface area (Å²) >= 11 is 0.